The summed E-state index contributed by atoms with van der Waals surface area (Å²) in [6.45, 7) is 3.98. The highest BCUT2D eigenvalue weighted by Gasteiger charge is 2.21. The van der Waals surface area contributed by atoms with Crippen molar-refractivity contribution >= 4 is 23.4 Å². The molecule has 0 saturated heterocycles. The zero-order chi connectivity index (χ0) is 14.4. The van der Waals surface area contributed by atoms with Crippen LogP contribution in [0.4, 0.5) is 0 Å². The number of carbonyl (C=O) groups excluding carboxylic acids is 2. The Labute approximate surface area is 117 Å². The molecule has 1 aromatic rings. The van der Waals surface area contributed by atoms with Crippen molar-refractivity contribution in [3.63, 3.8) is 0 Å². The third kappa shape index (κ3) is 4.87. The number of nitrogens with one attached hydrogen (secondary N) is 2. The van der Waals surface area contributed by atoms with E-state index in [2.05, 4.69) is 15.6 Å². The van der Waals surface area contributed by atoms with Gasteiger partial charge in [0.05, 0.1) is 0 Å². The fourth-order valence-electron chi connectivity index (χ4n) is 1.66. The third-order valence-corrected chi connectivity index (χ3v) is 2.77. The van der Waals surface area contributed by atoms with Crippen LogP contribution in [0, 0.1) is 5.92 Å². The summed E-state index contributed by atoms with van der Waals surface area (Å²) in [5.41, 5.74) is 0.387. The summed E-state index contributed by atoms with van der Waals surface area (Å²) >= 11 is 5.73. The molecule has 2 amide bonds. The van der Waals surface area contributed by atoms with Gasteiger partial charge in [0, 0.05) is 18.8 Å². The fraction of sp³-hybridized carbons (Fsp3) is 0.462. The highest BCUT2D eigenvalue weighted by molar-refractivity contribution is 6.29. The predicted molar refractivity (Wildman–Crippen MR) is 74.0 cm³/mol. The quantitative estimate of drug-likeness (QED) is 0.807. The minimum Gasteiger partial charge on any atom is -0.357 e. The van der Waals surface area contributed by atoms with Crippen molar-refractivity contribution < 1.29 is 9.59 Å². The largest absolute Gasteiger partial charge is 0.357 e. The molecule has 1 rings (SSSR count). The molecule has 0 bridgehead atoms. The van der Waals surface area contributed by atoms with E-state index in [0.717, 1.165) is 0 Å². The molecule has 19 heavy (non-hydrogen) atoms. The molecule has 1 atom stereocenters. The van der Waals surface area contributed by atoms with Gasteiger partial charge in [-0.3, -0.25) is 9.59 Å². The van der Waals surface area contributed by atoms with Crippen molar-refractivity contribution in [1.82, 2.24) is 15.6 Å². The van der Waals surface area contributed by atoms with Gasteiger partial charge in [0.1, 0.15) is 11.2 Å². The first-order valence-electron chi connectivity index (χ1n) is 6.08. The fourth-order valence-corrected chi connectivity index (χ4v) is 1.84. The molecule has 1 aromatic heterocycles. The Hall–Kier alpha value is -1.62. The van der Waals surface area contributed by atoms with Gasteiger partial charge in [-0.15, -0.1) is 0 Å². The van der Waals surface area contributed by atoms with Crippen LogP contribution in [-0.4, -0.2) is 29.9 Å². The molecule has 0 radical (unpaired) electrons. The van der Waals surface area contributed by atoms with Gasteiger partial charge < -0.3 is 10.6 Å². The van der Waals surface area contributed by atoms with Crippen molar-refractivity contribution in [3.05, 3.63) is 29.0 Å². The van der Waals surface area contributed by atoms with Gasteiger partial charge >= 0.3 is 0 Å². The highest BCUT2D eigenvalue weighted by Crippen LogP contribution is 2.09. The summed E-state index contributed by atoms with van der Waals surface area (Å²) in [7, 11) is 1.55. The molecule has 104 valence electrons. The Bertz CT molecular complexity index is 463. The van der Waals surface area contributed by atoms with E-state index < -0.39 is 6.04 Å². The van der Waals surface area contributed by atoms with Crippen molar-refractivity contribution in [2.75, 3.05) is 7.05 Å². The minimum absolute atomic E-state index is 0.206. The highest BCUT2D eigenvalue weighted by atomic mass is 35.5. The molecule has 0 spiro atoms. The lowest BCUT2D eigenvalue weighted by Crippen LogP contribution is -2.46. The zero-order valence-corrected chi connectivity index (χ0v) is 12.0. The molecule has 0 aromatic carbocycles. The maximum absolute atomic E-state index is 12.0. The van der Waals surface area contributed by atoms with Crippen LogP contribution < -0.4 is 10.6 Å². The third-order valence-electron chi connectivity index (χ3n) is 2.56. The molecule has 0 aliphatic rings. The molecule has 6 heteroatoms. The Morgan fingerprint density at radius 3 is 2.63 bits per heavy atom. The SMILES string of the molecule is CNC(=O)C(CC(C)C)NC(=O)c1ccnc(Cl)c1. The normalized spacial score (nSPS) is 12.1. The molecule has 0 fully saturated rings. The molecule has 2 N–H and O–H groups in total. The lowest BCUT2D eigenvalue weighted by molar-refractivity contribution is -0.122. The summed E-state index contributed by atoms with van der Waals surface area (Å²) in [5.74, 6) is -0.246. The predicted octanol–water partition coefficient (Wildman–Crippen LogP) is 1.63. The number of rotatable bonds is 5. The maximum atomic E-state index is 12.0. The summed E-state index contributed by atoms with van der Waals surface area (Å²) < 4.78 is 0. The lowest BCUT2D eigenvalue weighted by atomic mass is 10.0. The van der Waals surface area contributed by atoms with Crippen LogP contribution in [0.3, 0.4) is 0 Å². The van der Waals surface area contributed by atoms with Crippen LogP contribution >= 0.6 is 11.6 Å². The topological polar surface area (TPSA) is 71.1 Å². The summed E-state index contributed by atoms with van der Waals surface area (Å²) in [5, 5.41) is 5.50. The van der Waals surface area contributed by atoms with Crippen LogP contribution in [-0.2, 0) is 4.79 Å². The van der Waals surface area contributed by atoms with E-state index in [0.29, 0.717) is 17.9 Å². The van der Waals surface area contributed by atoms with Gasteiger partial charge in [-0.05, 0) is 24.5 Å². The number of likely N-dealkylation sites (N-methyl/N-ethyl adjacent to an activating group) is 1. The number of hydrogen-bond acceptors (Lipinski definition) is 3. The lowest BCUT2D eigenvalue weighted by Gasteiger charge is -2.19. The molecule has 0 aliphatic heterocycles. The van der Waals surface area contributed by atoms with E-state index in [1.54, 1.807) is 13.1 Å². The first kappa shape index (κ1) is 15.4. The molecular formula is C13H18ClN3O2. The average molecular weight is 284 g/mol. The Balaban J connectivity index is 2.78. The Morgan fingerprint density at radius 1 is 1.42 bits per heavy atom. The number of hydrogen-bond donors (Lipinski definition) is 2. The molecule has 0 aliphatic carbocycles. The number of amides is 2. The van der Waals surface area contributed by atoms with Crippen LogP contribution in [0.25, 0.3) is 0 Å². The molecule has 1 heterocycles. The number of nitrogens with zero attached hydrogens (tertiary/aromatic N) is 1. The van der Waals surface area contributed by atoms with E-state index in [9.17, 15) is 9.59 Å². The molecule has 0 saturated carbocycles. The van der Waals surface area contributed by atoms with E-state index >= 15 is 0 Å². The van der Waals surface area contributed by atoms with E-state index in [1.165, 1.54) is 12.3 Å². The minimum atomic E-state index is -0.551. The number of halogens is 1. The molecular weight excluding hydrogens is 266 g/mol. The molecule has 5 nitrogen and oxygen atoms in total. The summed E-state index contributed by atoms with van der Waals surface area (Å²) in [4.78, 5) is 27.6. The van der Waals surface area contributed by atoms with E-state index in [-0.39, 0.29) is 17.0 Å². The Morgan fingerprint density at radius 2 is 2.11 bits per heavy atom. The van der Waals surface area contributed by atoms with E-state index in [4.69, 9.17) is 11.6 Å². The van der Waals surface area contributed by atoms with Crippen molar-refractivity contribution in [3.8, 4) is 0 Å². The van der Waals surface area contributed by atoms with Gasteiger partial charge in [0.2, 0.25) is 5.91 Å². The monoisotopic (exact) mass is 283 g/mol. The van der Waals surface area contributed by atoms with Crippen LogP contribution in [0.15, 0.2) is 18.3 Å². The van der Waals surface area contributed by atoms with Gasteiger partial charge in [0.15, 0.2) is 0 Å². The average Bonchev–Trinajstić information content (AvgIpc) is 2.36. The van der Waals surface area contributed by atoms with Crippen molar-refractivity contribution in [1.29, 1.82) is 0 Å². The second kappa shape index (κ2) is 7.09. The standard InChI is InChI=1S/C13H18ClN3O2/c1-8(2)6-10(13(19)15-3)17-12(18)9-4-5-16-11(14)7-9/h4-5,7-8,10H,6H2,1-3H3,(H,15,19)(H,17,18). The second-order valence-corrected chi connectivity index (χ2v) is 5.02. The first-order valence-corrected chi connectivity index (χ1v) is 6.45. The second-order valence-electron chi connectivity index (χ2n) is 4.64. The van der Waals surface area contributed by atoms with E-state index in [1.807, 2.05) is 13.8 Å². The first-order chi connectivity index (χ1) is 8.93. The molecule has 1 unspecified atom stereocenters. The van der Waals surface area contributed by atoms with Crippen LogP contribution in [0.2, 0.25) is 5.15 Å². The number of aromatic nitrogens is 1. The Kier molecular flexibility index (Phi) is 5.76. The summed E-state index contributed by atoms with van der Waals surface area (Å²) in [6, 6.07) is 2.47. The van der Waals surface area contributed by atoms with Gasteiger partial charge in [-0.25, -0.2) is 4.98 Å². The van der Waals surface area contributed by atoms with Gasteiger partial charge in [-0.2, -0.15) is 0 Å². The van der Waals surface area contributed by atoms with Gasteiger partial charge in [-0.1, -0.05) is 25.4 Å². The van der Waals surface area contributed by atoms with Crippen molar-refractivity contribution in [2.45, 2.75) is 26.3 Å². The summed E-state index contributed by atoms with van der Waals surface area (Å²) in [6.07, 6.45) is 2.03. The number of carbonyl (C=O) groups is 2. The zero-order valence-electron chi connectivity index (χ0n) is 11.2. The maximum Gasteiger partial charge on any atom is 0.252 e. The smallest absolute Gasteiger partial charge is 0.252 e. The van der Waals surface area contributed by atoms with Crippen molar-refractivity contribution in [2.24, 2.45) is 5.92 Å². The van der Waals surface area contributed by atoms with Gasteiger partial charge in [0.25, 0.3) is 5.91 Å². The van der Waals surface area contributed by atoms with Crippen LogP contribution in [0.5, 0.6) is 0 Å². The van der Waals surface area contributed by atoms with Crippen LogP contribution in [0.1, 0.15) is 30.6 Å². The number of pyridine rings is 1.